The van der Waals surface area contributed by atoms with Gasteiger partial charge in [-0.1, -0.05) is 13.8 Å². The fourth-order valence-electron chi connectivity index (χ4n) is 2.60. The third-order valence-electron chi connectivity index (χ3n) is 3.60. The first-order valence-electron chi connectivity index (χ1n) is 6.81. The molecule has 106 valence electrons. The number of hydrogen-bond donors (Lipinski definition) is 1. The zero-order valence-corrected chi connectivity index (χ0v) is 13.0. The first-order valence-corrected chi connectivity index (χ1v) is 7.86. The van der Waals surface area contributed by atoms with Crippen LogP contribution in [0.2, 0.25) is 0 Å². The van der Waals surface area contributed by atoms with Crippen molar-refractivity contribution in [2.45, 2.75) is 37.3 Å². The Morgan fingerprint density at radius 3 is 2.58 bits per heavy atom. The van der Waals surface area contributed by atoms with Crippen LogP contribution in [-0.2, 0) is 5.75 Å². The molecule has 1 aliphatic heterocycles. The van der Waals surface area contributed by atoms with Crippen molar-refractivity contribution in [3.63, 3.8) is 0 Å². The Kier molecular flexibility index (Phi) is 4.99. The summed E-state index contributed by atoms with van der Waals surface area (Å²) in [5.41, 5.74) is 2.56. The average Bonchev–Trinajstić information content (AvgIpc) is 2.45. The van der Waals surface area contributed by atoms with Gasteiger partial charge in [-0.15, -0.1) is 0 Å². The molecule has 0 fully saturated rings. The molecular weight excluding hydrogens is 258 g/mol. The van der Waals surface area contributed by atoms with Crippen molar-refractivity contribution in [1.82, 2.24) is 5.32 Å². The second kappa shape index (κ2) is 6.53. The minimum atomic E-state index is 0.332. The highest BCUT2D eigenvalue weighted by Gasteiger charge is 2.31. The van der Waals surface area contributed by atoms with Gasteiger partial charge >= 0.3 is 0 Å². The monoisotopic (exact) mass is 281 g/mol. The SMILES string of the molecule is CCCNC1c2c(OC)ccc(OC)c2CSC1C. The molecule has 0 aromatic heterocycles. The molecule has 1 N–H and O–H groups in total. The van der Waals surface area contributed by atoms with Gasteiger partial charge in [0, 0.05) is 28.2 Å². The molecule has 1 aromatic carbocycles. The van der Waals surface area contributed by atoms with Crippen LogP contribution in [0.25, 0.3) is 0 Å². The summed E-state index contributed by atoms with van der Waals surface area (Å²) >= 11 is 1.97. The lowest BCUT2D eigenvalue weighted by molar-refractivity contribution is 0.384. The second-order valence-corrected chi connectivity index (χ2v) is 6.18. The Morgan fingerprint density at radius 2 is 1.95 bits per heavy atom. The van der Waals surface area contributed by atoms with Crippen molar-refractivity contribution >= 4 is 11.8 Å². The predicted molar refractivity (Wildman–Crippen MR) is 81.3 cm³/mol. The predicted octanol–water partition coefficient (Wildman–Crippen LogP) is 3.38. The summed E-state index contributed by atoms with van der Waals surface area (Å²) in [5.74, 6) is 2.93. The van der Waals surface area contributed by atoms with Gasteiger partial charge in [-0.25, -0.2) is 0 Å². The number of thioether (sulfide) groups is 1. The van der Waals surface area contributed by atoms with Crippen LogP contribution >= 0.6 is 11.8 Å². The fourth-order valence-corrected chi connectivity index (χ4v) is 3.75. The quantitative estimate of drug-likeness (QED) is 0.896. The maximum absolute atomic E-state index is 5.57. The highest BCUT2D eigenvalue weighted by Crippen LogP contribution is 2.45. The van der Waals surface area contributed by atoms with Crippen LogP contribution in [0, 0.1) is 0 Å². The second-order valence-electron chi connectivity index (χ2n) is 4.81. The number of rotatable bonds is 5. The minimum absolute atomic E-state index is 0.332. The fraction of sp³-hybridized carbons (Fsp3) is 0.600. The van der Waals surface area contributed by atoms with E-state index in [2.05, 4.69) is 19.2 Å². The Labute approximate surface area is 120 Å². The van der Waals surface area contributed by atoms with Gasteiger partial charge < -0.3 is 14.8 Å². The van der Waals surface area contributed by atoms with E-state index in [1.165, 1.54) is 11.1 Å². The van der Waals surface area contributed by atoms with Crippen molar-refractivity contribution in [2.75, 3.05) is 20.8 Å². The molecule has 1 aliphatic rings. The zero-order chi connectivity index (χ0) is 13.8. The van der Waals surface area contributed by atoms with Gasteiger partial charge in [0.25, 0.3) is 0 Å². The molecule has 2 rings (SSSR count). The van der Waals surface area contributed by atoms with E-state index >= 15 is 0 Å². The summed E-state index contributed by atoms with van der Waals surface area (Å²) < 4.78 is 11.1. The summed E-state index contributed by atoms with van der Waals surface area (Å²) in [6, 6.07) is 4.35. The molecular formula is C15H23NO2S. The number of methoxy groups -OCH3 is 2. The van der Waals surface area contributed by atoms with Gasteiger partial charge in [-0.3, -0.25) is 0 Å². The van der Waals surface area contributed by atoms with Crippen molar-refractivity contribution in [3.8, 4) is 11.5 Å². The first-order chi connectivity index (χ1) is 9.22. The van der Waals surface area contributed by atoms with E-state index in [-0.39, 0.29) is 0 Å². The number of ether oxygens (including phenoxy) is 2. The van der Waals surface area contributed by atoms with Crippen LogP contribution in [0.5, 0.6) is 11.5 Å². The summed E-state index contributed by atoms with van der Waals surface area (Å²) in [6.45, 7) is 5.49. The molecule has 0 saturated carbocycles. The molecule has 1 heterocycles. The van der Waals surface area contributed by atoms with Gasteiger partial charge in [0.05, 0.1) is 14.2 Å². The molecule has 1 aromatic rings. The van der Waals surface area contributed by atoms with Crippen molar-refractivity contribution in [2.24, 2.45) is 0 Å². The molecule has 0 radical (unpaired) electrons. The molecule has 3 nitrogen and oxygen atoms in total. The highest BCUT2D eigenvalue weighted by molar-refractivity contribution is 7.99. The molecule has 0 saturated heterocycles. The lowest BCUT2D eigenvalue weighted by Crippen LogP contribution is -2.33. The van der Waals surface area contributed by atoms with Gasteiger partial charge in [-0.2, -0.15) is 11.8 Å². The first kappa shape index (κ1) is 14.5. The number of fused-ring (bicyclic) bond motifs is 1. The van der Waals surface area contributed by atoms with Crippen molar-refractivity contribution in [1.29, 1.82) is 0 Å². The van der Waals surface area contributed by atoms with Gasteiger partial charge in [0.2, 0.25) is 0 Å². The van der Waals surface area contributed by atoms with Gasteiger partial charge in [0.15, 0.2) is 0 Å². The van der Waals surface area contributed by atoms with Crippen LogP contribution in [0.1, 0.15) is 37.4 Å². The topological polar surface area (TPSA) is 30.5 Å². The van der Waals surface area contributed by atoms with Gasteiger partial charge in [-0.05, 0) is 25.1 Å². The maximum Gasteiger partial charge on any atom is 0.124 e. The van der Waals surface area contributed by atoms with E-state index in [1.807, 2.05) is 23.9 Å². The van der Waals surface area contributed by atoms with E-state index in [0.717, 1.165) is 30.2 Å². The van der Waals surface area contributed by atoms with Crippen LogP contribution < -0.4 is 14.8 Å². The maximum atomic E-state index is 5.57. The standard InChI is InChI=1S/C15H23NO2S/c1-5-8-16-15-10(2)19-9-11-12(17-3)6-7-13(18-4)14(11)15/h6-7,10,15-16H,5,8-9H2,1-4H3. The molecule has 0 amide bonds. The van der Waals surface area contributed by atoms with Crippen LogP contribution in [-0.4, -0.2) is 26.0 Å². The molecule has 19 heavy (non-hydrogen) atoms. The molecule has 4 heteroatoms. The minimum Gasteiger partial charge on any atom is -0.496 e. The average molecular weight is 281 g/mol. The van der Waals surface area contributed by atoms with Crippen molar-refractivity contribution in [3.05, 3.63) is 23.3 Å². The molecule has 0 bridgehead atoms. The highest BCUT2D eigenvalue weighted by atomic mass is 32.2. The summed E-state index contributed by atoms with van der Waals surface area (Å²) in [7, 11) is 3.48. The Bertz CT molecular complexity index is 436. The Hall–Kier alpha value is -0.870. The van der Waals surface area contributed by atoms with E-state index in [0.29, 0.717) is 11.3 Å². The molecule has 0 aliphatic carbocycles. The lowest BCUT2D eigenvalue weighted by atomic mass is 9.96. The van der Waals surface area contributed by atoms with Crippen LogP contribution in [0.3, 0.4) is 0 Å². The van der Waals surface area contributed by atoms with Gasteiger partial charge in [0.1, 0.15) is 11.5 Å². The Morgan fingerprint density at radius 1 is 1.26 bits per heavy atom. The van der Waals surface area contributed by atoms with Crippen LogP contribution in [0.4, 0.5) is 0 Å². The lowest BCUT2D eigenvalue weighted by Gasteiger charge is -2.33. The van der Waals surface area contributed by atoms with Crippen molar-refractivity contribution < 1.29 is 9.47 Å². The third-order valence-corrected chi connectivity index (χ3v) is 4.85. The number of nitrogens with one attached hydrogen (secondary N) is 1. The number of benzene rings is 1. The summed E-state index contributed by atoms with van der Waals surface area (Å²) in [4.78, 5) is 0. The number of hydrogen-bond acceptors (Lipinski definition) is 4. The smallest absolute Gasteiger partial charge is 0.124 e. The summed E-state index contributed by atoms with van der Waals surface area (Å²) in [5, 5.41) is 4.19. The zero-order valence-electron chi connectivity index (χ0n) is 12.2. The molecule has 2 atom stereocenters. The Balaban J connectivity index is 2.45. The van der Waals surface area contributed by atoms with E-state index in [4.69, 9.17) is 9.47 Å². The van der Waals surface area contributed by atoms with E-state index < -0.39 is 0 Å². The third kappa shape index (κ3) is 2.84. The molecule has 2 unspecified atom stereocenters. The summed E-state index contributed by atoms with van der Waals surface area (Å²) in [6.07, 6.45) is 1.13. The van der Waals surface area contributed by atoms with Crippen LogP contribution in [0.15, 0.2) is 12.1 Å². The molecule has 0 spiro atoms. The largest absolute Gasteiger partial charge is 0.496 e. The van der Waals surface area contributed by atoms with E-state index in [9.17, 15) is 0 Å². The normalized spacial score (nSPS) is 21.9. The van der Waals surface area contributed by atoms with E-state index in [1.54, 1.807) is 14.2 Å².